The molecule has 0 heterocycles. The summed E-state index contributed by atoms with van der Waals surface area (Å²) in [5.74, 6) is 0.873. The minimum atomic E-state index is 0.110. The topological polar surface area (TPSA) is 55.1 Å². The third-order valence-corrected chi connectivity index (χ3v) is 3.76. The van der Waals surface area contributed by atoms with Crippen LogP contribution in [-0.2, 0) is 4.79 Å². The van der Waals surface area contributed by atoms with E-state index in [1.807, 2.05) is 0 Å². The monoisotopic (exact) mass is 212 g/mol. The lowest BCUT2D eigenvalue weighted by Gasteiger charge is -2.30. The molecule has 15 heavy (non-hydrogen) atoms. The molecule has 3 heteroatoms. The van der Waals surface area contributed by atoms with Gasteiger partial charge < -0.3 is 11.1 Å². The Hall–Kier alpha value is -0.570. The second-order valence-corrected chi connectivity index (χ2v) is 4.84. The molecule has 0 radical (unpaired) electrons. The highest BCUT2D eigenvalue weighted by molar-refractivity contribution is 5.76. The SMILES string of the molecule is CCC(CC)(CN)CNC(=O)CC1CC1. The van der Waals surface area contributed by atoms with Crippen LogP contribution in [0, 0.1) is 11.3 Å². The van der Waals surface area contributed by atoms with E-state index in [1.165, 1.54) is 12.8 Å². The first-order valence-electron chi connectivity index (χ1n) is 6.12. The molecule has 1 aliphatic rings. The molecular weight excluding hydrogens is 188 g/mol. The smallest absolute Gasteiger partial charge is 0.220 e. The summed E-state index contributed by atoms with van der Waals surface area (Å²) >= 11 is 0. The number of hydrogen-bond donors (Lipinski definition) is 2. The Kier molecular flexibility index (Phi) is 4.58. The van der Waals surface area contributed by atoms with E-state index in [4.69, 9.17) is 5.73 Å². The van der Waals surface area contributed by atoms with Crippen LogP contribution in [-0.4, -0.2) is 19.0 Å². The summed E-state index contributed by atoms with van der Waals surface area (Å²) in [5.41, 5.74) is 5.89. The molecule has 3 N–H and O–H groups in total. The average Bonchev–Trinajstić information content (AvgIpc) is 3.05. The molecule has 3 nitrogen and oxygen atoms in total. The molecule has 1 aliphatic carbocycles. The minimum absolute atomic E-state index is 0.110. The molecule has 1 saturated carbocycles. The van der Waals surface area contributed by atoms with Gasteiger partial charge in [0, 0.05) is 13.0 Å². The van der Waals surface area contributed by atoms with Gasteiger partial charge in [-0.15, -0.1) is 0 Å². The molecule has 1 rings (SSSR count). The number of rotatable bonds is 7. The van der Waals surface area contributed by atoms with Gasteiger partial charge in [0.25, 0.3) is 0 Å². The molecule has 0 aromatic rings. The van der Waals surface area contributed by atoms with E-state index < -0.39 is 0 Å². The zero-order chi connectivity index (χ0) is 11.3. The molecule has 0 aromatic heterocycles. The van der Waals surface area contributed by atoms with Crippen LogP contribution in [0.15, 0.2) is 0 Å². The van der Waals surface area contributed by atoms with E-state index in [2.05, 4.69) is 19.2 Å². The van der Waals surface area contributed by atoms with Crippen LogP contribution in [0.3, 0.4) is 0 Å². The van der Waals surface area contributed by atoms with Gasteiger partial charge in [0.2, 0.25) is 5.91 Å². The van der Waals surface area contributed by atoms with Gasteiger partial charge in [0.05, 0.1) is 0 Å². The Morgan fingerprint density at radius 2 is 2.00 bits per heavy atom. The van der Waals surface area contributed by atoms with Crippen LogP contribution in [0.2, 0.25) is 0 Å². The number of carbonyl (C=O) groups is 1. The van der Waals surface area contributed by atoms with Gasteiger partial charge >= 0.3 is 0 Å². The fourth-order valence-electron chi connectivity index (χ4n) is 1.80. The highest BCUT2D eigenvalue weighted by atomic mass is 16.1. The zero-order valence-electron chi connectivity index (χ0n) is 10.0. The molecular formula is C12H24N2O. The summed E-state index contributed by atoms with van der Waals surface area (Å²) < 4.78 is 0. The van der Waals surface area contributed by atoms with E-state index in [0.29, 0.717) is 18.9 Å². The third-order valence-electron chi connectivity index (χ3n) is 3.76. The normalized spacial score (nSPS) is 16.5. The lowest BCUT2D eigenvalue weighted by molar-refractivity contribution is -0.121. The molecule has 1 fully saturated rings. The largest absolute Gasteiger partial charge is 0.355 e. The number of hydrogen-bond acceptors (Lipinski definition) is 2. The van der Waals surface area contributed by atoms with E-state index in [9.17, 15) is 4.79 Å². The molecule has 88 valence electrons. The molecule has 0 unspecified atom stereocenters. The summed E-state index contributed by atoms with van der Waals surface area (Å²) in [5, 5.41) is 3.03. The summed E-state index contributed by atoms with van der Waals surface area (Å²) in [6.07, 6.45) is 5.25. The van der Waals surface area contributed by atoms with Crippen molar-refractivity contribution in [1.29, 1.82) is 0 Å². The molecule has 0 atom stereocenters. The predicted molar refractivity (Wildman–Crippen MR) is 62.4 cm³/mol. The van der Waals surface area contributed by atoms with Crippen molar-refractivity contribution >= 4 is 5.91 Å². The Balaban J connectivity index is 2.28. The second-order valence-electron chi connectivity index (χ2n) is 4.84. The molecule has 0 bridgehead atoms. The first-order chi connectivity index (χ1) is 7.15. The number of amides is 1. The number of carbonyl (C=O) groups excluding carboxylic acids is 1. The Bertz CT molecular complexity index is 199. The zero-order valence-corrected chi connectivity index (χ0v) is 10.0. The molecule has 1 amide bonds. The van der Waals surface area contributed by atoms with Crippen molar-refractivity contribution in [3.63, 3.8) is 0 Å². The van der Waals surface area contributed by atoms with Crippen molar-refractivity contribution in [3.05, 3.63) is 0 Å². The quantitative estimate of drug-likeness (QED) is 0.674. The predicted octanol–water partition coefficient (Wildman–Crippen LogP) is 1.67. The van der Waals surface area contributed by atoms with Crippen molar-refractivity contribution in [2.75, 3.05) is 13.1 Å². The van der Waals surface area contributed by atoms with E-state index >= 15 is 0 Å². The van der Waals surface area contributed by atoms with E-state index in [1.54, 1.807) is 0 Å². The van der Waals surface area contributed by atoms with E-state index in [0.717, 1.165) is 19.4 Å². The third kappa shape index (κ3) is 3.82. The van der Waals surface area contributed by atoms with Crippen LogP contribution < -0.4 is 11.1 Å². The van der Waals surface area contributed by atoms with Crippen molar-refractivity contribution in [2.24, 2.45) is 17.1 Å². The number of nitrogens with one attached hydrogen (secondary N) is 1. The second kappa shape index (κ2) is 5.50. The summed E-state index contributed by atoms with van der Waals surface area (Å²) in [6, 6.07) is 0. The summed E-state index contributed by atoms with van der Waals surface area (Å²) in [6.45, 7) is 5.68. The van der Waals surface area contributed by atoms with Gasteiger partial charge in [-0.05, 0) is 43.6 Å². The van der Waals surface area contributed by atoms with Crippen molar-refractivity contribution in [3.8, 4) is 0 Å². The Morgan fingerprint density at radius 3 is 2.40 bits per heavy atom. The fourth-order valence-corrected chi connectivity index (χ4v) is 1.80. The van der Waals surface area contributed by atoms with Gasteiger partial charge in [-0.25, -0.2) is 0 Å². The van der Waals surface area contributed by atoms with Crippen LogP contribution in [0.1, 0.15) is 46.0 Å². The van der Waals surface area contributed by atoms with Gasteiger partial charge in [-0.3, -0.25) is 4.79 Å². The van der Waals surface area contributed by atoms with Gasteiger partial charge in [0.1, 0.15) is 0 Å². The highest BCUT2D eigenvalue weighted by Gasteiger charge is 2.27. The van der Waals surface area contributed by atoms with E-state index in [-0.39, 0.29) is 11.3 Å². The summed E-state index contributed by atoms with van der Waals surface area (Å²) in [7, 11) is 0. The summed E-state index contributed by atoms with van der Waals surface area (Å²) in [4.78, 5) is 11.5. The highest BCUT2D eigenvalue weighted by Crippen LogP contribution is 2.32. The lowest BCUT2D eigenvalue weighted by Crippen LogP contribution is -2.41. The average molecular weight is 212 g/mol. The number of nitrogens with two attached hydrogens (primary N) is 1. The first kappa shape index (κ1) is 12.5. The van der Waals surface area contributed by atoms with Crippen LogP contribution in [0.5, 0.6) is 0 Å². The van der Waals surface area contributed by atoms with Crippen LogP contribution in [0.25, 0.3) is 0 Å². The maximum absolute atomic E-state index is 11.5. The van der Waals surface area contributed by atoms with Gasteiger partial charge in [-0.1, -0.05) is 13.8 Å². The first-order valence-corrected chi connectivity index (χ1v) is 6.12. The standard InChI is InChI=1S/C12H24N2O/c1-3-12(4-2,8-13)9-14-11(15)7-10-5-6-10/h10H,3-9,13H2,1-2H3,(H,14,15). The minimum Gasteiger partial charge on any atom is -0.355 e. The maximum Gasteiger partial charge on any atom is 0.220 e. The fraction of sp³-hybridized carbons (Fsp3) is 0.917. The Labute approximate surface area is 92.8 Å². The molecule has 0 saturated heterocycles. The Morgan fingerprint density at radius 1 is 1.40 bits per heavy atom. The van der Waals surface area contributed by atoms with Crippen molar-refractivity contribution in [1.82, 2.24) is 5.32 Å². The van der Waals surface area contributed by atoms with Crippen LogP contribution >= 0.6 is 0 Å². The lowest BCUT2D eigenvalue weighted by atomic mass is 9.82. The van der Waals surface area contributed by atoms with Gasteiger partial charge in [-0.2, -0.15) is 0 Å². The van der Waals surface area contributed by atoms with Gasteiger partial charge in [0.15, 0.2) is 0 Å². The molecule has 0 aromatic carbocycles. The van der Waals surface area contributed by atoms with Crippen LogP contribution in [0.4, 0.5) is 0 Å². The maximum atomic E-state index is 11.5. The molecule has 0 spiro atoms. The molecule has 0 aliphatic heterocycles. The van der Waals surface area contributed by atoms with Crippen molar-refractivity contribution in [2.45, 2.75) is 46.0 Å². The van der Waals surface area contributed by atoms with Crippen molar-refractivity contribution < 1.29 is 4.79 Å².